The van der Waals surface area contributed by atoms with Gasteiger partial charge in [-0.25, -0.2) is 0 Å². The summed E-state index contributed by atoms with van der Waals surface area (Å²) >= 11 is 1.51. The number of benzene rings is 1. The van der Waals surface area contributed by atoms with Gasteiger partial charge in [-0.2, -0.15) is 0 Å². The molecule has 152 valence electrons. The van der Waals surface area contributed by atoms with Gasteiger partial charge in [-0.1, -0.05) is 0 Å². The third-order valence-corrected chi connectivity index (χ3v) is 5.72. The van der Waals surface area contributed by atoms with Crippen molar-refractivity contribution in [2.75, 3.05) is 38.7 Å². The number of hydrogen-bond donors (Lipinski definition) is 3. The summed E-state index contributed by atoms with van der Waals surface area (Å²) in [5, 5.41) is 9.01. The van der Waals surface area contributed by atoms with Crippen molar-refractivity contribution in [3.63, 3.8) is 0 Å². The molecule has 1 aromatic rings. The predicted octanol–water partition coefficient (Wildman–Crippen LogP) is 2.68. The van der Waals surface area contributed by atoms with Crippen molar-refractivity contribution < 1.29 is 14.3 Å². The summed E-state index contributed by atoms with van der Waals surface area (Å²) in [6.07, 6.45) is 2.01. The molecule has 0 bridgehead atoms. The van der Waals surface area contributed by atoms with Crippen LogP contribution in [0.25, 0.3) is 0 Å². The summed E-state index contributed by atoms with van der Waals surface area (Å²) in [7, 11) is 1.72. The summed E-state index contributed by atoms with van der Waals surface area (Å²) in [5.41, 5.74) is 0.784. The Morgan fingerprint density at radius 3 is 2.44 bits per heavy atom. The second kappa shape index (κ2) is 11.5. The number of piperidine rings is 1. The first kappa shape index (κ1) is 23.8. The average molecular weight is 416 g/mol. The van der Waals surface area contributed by atoms with Crippen molar-refractivity contribution in [1.29, 1.82) is 0 Å². The van der Waals surface area contributed by atoms with Gasteiger partial charge in [0.05, 0.1) is 11.9 Å². The van der Waals surface area contributed by atoms with Gasteiger partial charge in [0.1, 0.15) is 0 Å². The van der Waals surface area contributed by atoms with Crippen LogP contribution in [0.3, 0.4) is 0 Å². The van der Waals surface area contributed by atoms with Crippen LogP contribution in [-0.4, -0.2) is 50.4 Å². The molecule has 3 N–H and O–H groups in total. The first-order valence-corrected chi connectivity index (χ1v) is 9.84. The molecule has 6 nitrogen and oxygen atoms in total. The number of methoxy groups -OCH3 is 1. The molecule has 0 radical (unpaired) electrons. The number of amides is 2. The molecule has 8 heteroatoms. The Kier molecular flexibility index (Phi) is 10.2. The van der Waals surface area contributed by atoms with E-state index >= 15 is 0 Å². The SMILES string of the molecule is COCC1(CNC(=O)C(C)Sc2ccc(NC(C)=O)cc2)CCNCC1.Cl. The van der Waals surface area contributed by atoms with E-state index in [4.69, 9.17) is 4.74 Å². The van der Waals surface area contributed by atoms with Crippen molar-refractivity contribution in [2.45, 2.75) is 36.8 Å². The highest BCUT2D eigenvalue weighted by Crippen LogP contribution is 2.29. The van der Waals surface area contributed by atoms with Crippen LogP contribution in [0.2, 0.25) is 0 Å². The van der Waals surface area contributed by atoms with Crippen LogP contribution in [0.4, 0.5) is 5.69 Å². The molecular weight excluding hydrogens is 386 g/mol. The Bertz CT molecular complexity index is 601. The van der Waals surface area contributed by atoms with Gasteiger partial charge in [-0.05, 0) is 57.1 Å². The predicted molar refractivity (Wildman–Crippen MR) is 113 cm³/mol. The highest BCUT2D eigenvalue weighted by atomic mass is 35.5. The molecular formula is C19H30ClN3O3S. The minimum atomic E-state index is -0.192. The first-order chi connectivity index (χ1) is 12.4. The first-order valence-electron chi connectivity index (χ1n) is 8.96. The van der Waals surface area contributed by atoms with E-state index in [2.05, 4.69) is 16.0 Å². The summed E-state index contributed by atoms with van der Waals surface area (Å²) in [6, 6.07) is 7.52. The van der Waals surface area contributed by atoms with Crippen LogP contribution in [0.1, 0.15) is 26.7 Å². The average Bonchev–Trinajstić information content (AvgIpc) is 2.62. The molecule has 1 fully saturated rings. The van der Waals surface area contributed by atoms with Crippen molar-refractivity contribution in [2.24, 2.45) is 5.41 Å². The number of anilines is 1. The lowest BCUT2D eigenvalue weighted by molar-refractivity contribution is -0.121. The highest BCUT2D eigenvalue weighted by Gasteiger charge is 2.33. The molecule has 1 aliphatic rings. The van der Waals surface area contributed by atoms with E-state index in [0.29, 0.717) is 13.2 Å². The van der Waals surface area contributed by atoms with E-state index in [0.717, 1.165) is 36.5 Å². The molecule has 2 amide bonds. The van der Waals surface area contributed by atoms with Gasteiger partial charge in [-0.15, -0.1) is 24.2 Å². The maximum absolute atomic E-state index is 12.5. The fourth-order valence-corrected chi connectivity index (χ4v) is 4.02. The quantitative estimate of drug-likeness (QED) is 0.569. The lowest BCUT2D eigenvalue weighted by Gasteiger charge is -2.37. The summed E-state index contributed by atoms with van der Waals surface area (Å²) < 4.78 is 5.40. The largest absolute Gasteiger partial charge is 0.384 e. The van der Waals surface area contributed by atoms with Crippen LogP contribution in [0, 0.1) is 5.41 Å². The number of ether oxygens (including phenoxy) is 1. The van der Waals surface area contributed by atoms with Crippen LogP contribution in [0.15, 0.2) is 29.2 Å². The van der Waals surface area contributed by atoms with Gasteiger partial charge in [0.25, 0.3) is 0 Å². The molecule has 2 rings (SSSR count). The number of thioether (sulfide) groups is 1. The zero-order valence-corrected chi connectivity index (χ0v) is 17.8. The van der Waals surface area contributed by atoms with Crippen molar-refractivity contribution in [1.82, 2.24) is 10.6 Å². The topological polar surface area (TPSA) is 79.5 Å². The van der Waals surface area contributed by atoms with E-state index in [1.165, 1.54) is 18.7 Å². The minimum Gasteiger partial charge on any atom is -0.384 e. The molecule has 1 saturated heterocycles. The van der Waals surface area contributed by atoms with Crippen molar-refractivity contribution >= 4 is 41.7 Å². The second-order valence-corrected chi connectivity index (χ2v) is 8.28. The Hall–Kier alpha value is -1.28. The van der Waals surface area contributed by atoms with Crippen LogP contribution < -0.4 is 16.0 Å². The Balaban J connectivity index is 0.00000364. The Morgan fingerprint density at radius 1 is 1.26 bits per heavy atom. The van der Waals surface area contributed by atoms with Gasteiger partial charge in [0.15, 0.2) is 0 Å². The van der Waals surface area contributed by atoms with E-state index in [1.54, 1.807) is 7.11 Å². The molecule has 1 aliphatic heterocycles. The summed E-state index contributed by atoms with van der Waals surface area (Å²) in [5.74, 6) is -0.0593. The number of nitrogens with one attached hydrogen (secondary N) is 3. The highest BCUT2D eigenvalue weighted by molar-refractivity contribution is 8.00. The zero-order valence-electron chi connectivity index (χ0n) is 16.2. The minimum absolute atomic E-state index is 0. The van der Waals surface area contributed by atoms with Gasteiger partial charge >= 0.3 is 0 Å². The van der Waals surface area contributed by atoms with E-state index in [-0.39, 0.29) is 34.9 Å². The molecule has 27 heavy (non-hydrogen) atoms. The third-order valence-electron chi connectivity index (χ3n) is 4.61. The van der Waals surface area contributed by atoms with E-state index in [1.807, 2.05) is 31.2 Å². The number of carbonyl (C=O) groups is 2. The molecule has 0 spiro atoms. The molecule has 1 heterocycles. The molecule has 0 aromatic heterocycles. The molecule has 0 saturated carbocycles. The summed E-state index contributed by atoms with van der Waals surface area (Å²) in [6.45, 7) is 6.63. The Labute approximate surface area is 172 Å². The monoisotopic (exact) mass is 415 g/mol. The molecule has 0 aliphatic carbocycles. The van der Waals surface area contributed by atoms with Gasteiger partial charge in [-0.3, -0.25) is 9.59 Å². The van der Waals surface area contributed by atoms with Crippen molar-refractivity contribution in [3.05, 3.63) is 24.3 Å². The molecule has 1 unspecified atom stereocenters. The maximum atomic E-state index is 12.5. The van der Waals surface area contributed by atoms with Crippen LogP contribution in [-0.2, 0) is 14.3 Å². The van der Waals surface area contributed by atoms with Gasteiger partial charge in [0, 0.05) is 36.6 Å². The van der Waals surface area contributed by atoms with Crippen LogP contribution >= 0.6 is 24.2 Å². The Morgan fingerprint density at radius 2 is 1.89 bits per heavy atom. The zero-order chi connectivity index (χ0) is 19.0. The fourth-order valence-electron chi connectivity index (χ4n) is 3.13. The summed E-state index contributed by atoms with van der Waals surface area (Å²) in [4.78, 5) is 24.6. The maximum Gasteiger partial charge on any atom is 0.233 e. The molecule has 1 atom stereocenters. The van der Waals surface area contributed by atoms with Crippen LogP contribution in [0.5, 0.6) is 0 Å². The van der Waals surface area contributed by atoms with E-state index < -0.39 is 0 Å². The fraction of sp³-hybridized carbons (Fsp3) is 0.579. The normalized spacial score (nSPS) is 16.7. The third kappa shape index (κ3) is 7.70. The number of carbonyl (C=O) groups excluding carboxylic acids is 2. The number of halogens is 1. The van der Waals surface area contributed by atoms with E-state index in [9.17, 15) is 9.59 Å². The molecule has 1 aromatic carbocycles. The van der Waals surface area contributed by atoms with Gasteiger partial charge in [0.2, 0.25) is 11.8 Å². The lowest BCUT2D eigenvalue weighted by Crippen LogP contribution is -2.48. The number of hydrogen-bond acceptors (Lipinski definition) is 5. The van der Waals surface area contributed by atoms with Crippen molar-refractivity contribution in [3.8, 4) is 0 Å². The smallest absolute Gasteiger partial charge is 0.233 e. The van der Waals surface area contributed by atoms with Gasteiger partial charge < -0.3 is 20.7 Å². The standard InChI is InChI=1S/C19H29N3O3S.ClH/c1-14(26-17-6-4-16(5-7-17)22-15(2)23)18(24)21-12-19(13-25-3)8-10-20-11-9-19;/h4-7,14,20H,8-13H2,1-3H3,(H,21,24)(H,22,23);1H. The second-order valence-electron chi connectivity index (χ2n) is 6.87. The number of rotatable bonds is 8. The lowest BCUT2D eigenvalue weighted by atomic mass is 9.79.